The Morgan fingerprint density at radius 2 is 2.22 bits per heavy atom. The number of nitrogens with one attached hydrogen (secondary N) is 1. The van der Waals surface area contributed by atoms with E-state index in [1.165, 1.54) is 25.7 Å². The predicted molar refractivity (Wildman–Crippen MR) is 74.2 cm³/mol. The van der Waals surface area contributed by atoms with Crippen LogP contribution in [0, 0.1) is 0 Å². The van der Waals surface area contributed by atoms with Gasteiger partial charge in [0.25, 0.3) is 0 Å². The fourth-order valence-electron chi connectivity index (χ4n) is 2.84. The van der Waals surface area contributed by atoms with E-state index < -0.39 is 0 Å². The van der Waals surface area contributed by atoms with Gasteiger partial charge >= 0.3 is 0 Å². The van der Waals surface area contributed by atoms with Crippen molar-refractivity contribution in [3.8, 4) is 0 Å². The van der Waals surface area contributed by atoms with Crippen molar-refractivity contribution in [2.75, 3.05) is 11.9 Å². The highest BCUT2D eigenvalue weighted by Crippen LogP contribution is 2.36. The van der Waals surface area contributed by atoms with Crippen LogP contribution < -0.4 is 5.32 Å². The summed E-state index contributed by atoms with van der Waals surface area (Å²) >= 11 is 5.93. The standard InChI is InChI=1S/C13H17ClN4/c1-2-15-11-7-9-8-16-13(14)17-12(9)18(11)10-5-3-4-6-10/h7-8,10,15H,2-6H2,1H3. The second-order valence-corrected chi connectivity index (χ2v) is 5.12. The lowest BCUT2D eigenvalue weighted by Crippen LogP contribution is -2.10. The summed E-state index contributed by atoms with van der Waals surface area (Å²) in [6, 6.07) is 2.66. The summed E-state index contributed by atoms with van der Waals surface area (Å²) in [6.07, 6.45) is 6.86. The number of rotatable bonds is 3. The summed E-state index contributed by atoms with van der Waals surface area (Å²) in [5.41, 5.74) is 0.956. The molecule has 2 aromatic heterocycles. The number of aromatic nitrogens is 3. The Bertz CT molecular complexity index is 557. The summed E-state index contributed by atoms with van der Waals surface area (Å²) in [6.45, 7) is 3.01. The van der Waals surface area contributed by atoms with Crippen molar-refractivity contribution in [1.82, 2.24) is 14.5 Å². The van der Waals surface area contributed by atoms with Crippen molar-refractivity contribution < 1.29 is 0 Å². The smallest absolute Gasteiger partial charge is 0.224 e. The van der Waals surface area contributed by atoms with Crippen molar-refractivity contribution in [3.63, 3.8) is 0 Å². The molecule has 1 N–H and O–H groups in total. The molecule has 0 saturated heterocycles. The third-order valence-corrected chi connectivity index (χ3v) is 3.78. The summed E-state index contributed by atoms with van der Waals surface area (Å²) in [7, 11) is 0. The van der Waals surface area contributed by atoms with Gasteiger partial charge in [-0.2, -0.15) is 4.98 Å². The van der Waals surface area contributed by atoms with Gasteiger partial charge in [-0.15, -0.1) is 0 Å². The van der Waals surface area contributed by atoms with Crippen molar-refractivity contribution in [1.29, 1.82) is 0 Å². The van der Waals surface area contributed by atoms with Gasteiger partial charge in [-0.05, 0) is 37.4 Å². The molecule has 0 aromatic carbocycles. The minimum atomic E-state index is 0.322. The van der Waals surface area contributed by atoms with Crippen molar-refractivity contribution in [2.24, 2.45) is 0 Å². The number of anilines is 1. The largest absolute Gasteiger partial charge is 0.372 e. The number of nitrogens with zero attached hydrogens (tertiary/aromatic N) is 3. The first-order valence-corrected chi connectivity index (χ1v) is 6.94. The molecule has 5 heteroatoms. The third kappa shape index (κ3) is 1.94. The molecule has 96 valence electrons. The van der Waals surface area contributed by atoms with E-state index in [1.807, 2.05) is 0 Å². The molecule has 1 aliphatic carbocycles. The molecule has 0 spiro atoms. The molecule has 1 aliphatic rings. The Balaban J connectivity index is 2.16. The highest BCUT2D eigenvalue weighted by atomic mass is 35.5. The van der Waals surface area contributed by atoms with Gasteiger partial charge in [-0.1, -0.05) is 12.8 Å². The van der Waals surface area contributed by atoms with Gasteiger partial charge in [0.2, 0.25) is 5.28 Å². The molecule has 0 unspecified atom stereocenters. The number of hydrogen-bond acceptors (Lipinski definition) is 3. The molecule has 1 fully saturated rings. The molecule has 0 amide bonds. The second-order valence-electron chi connectivity index (χ2n) is 4.79. The molecule has 1 saturated carbocycles. The first-order chi connectivity index (χ1) is 8.79. The second kappa shape index (κ2) is 4.76. The van der Waals surface area contributed by atoms with E-state index in [2.05, 4.69) is 32.8 Å². The van der Waals surface area contributed by atoms with Gasteiger partial charge in [0.05, 0.1) is 0 Å². The van der Waals surface area contributed by atoms with Gasteiger partial charge < -0.3 is 9.88 Å². The zero-order chi connectivity index (χ0) is 12.5. The Kier molecular flexibility index (Phi) is 3.12. The quantitative estimate of drug-likeness (QED) is 0.861. The minimum Gasteiger partial charge on any atom is -0.372 e. The Morgan fingerprint density at radius 3 is 2.94 bits per heavy atom. The molecule has 0 bridgehead atoms. The average Bonchev–Trinajstić information content (AvgIpc) is 2.95. The maximum atomic E-state index is 5.93. The van der Waals surface area contributed by atoms with E-state index in [0.29, 0.717) is 11.3 Å². The summed E-state index contributed by atoms with van der Waals surface area (Å²) in [4.78, 5) is 8.46. The van der Waals surface area contributed by atoms with E-state index >= 15 is 0 Å². The van der Waals surface area contributed by atoms with Crippen LogP contribution in [0.1, 0.15) is 38.6 Å². The third-order valence-electron chi connectivity index (χ3n) is 3.59. The van der Waals surface area contributed by atoms with Crippen LogP contribution >= 0.6 is 11.6 Å². The van der Waals surface area contributed by atoms with Crippen molar-refractivity contribution >= 4 is 28.5 Å². The SMILES string of the molecule is CCNc1cc2cnc(Cl)nc2n1C1CCCC1. The maximum Gasteiger partial charge on any atom is 0.224 e. The lowest BCUT2D eigenvalue weighted by atomic mass is 10.2. The van der Waals surface area contributed by atoms with Crippen molar-refractivity contribution in [3.05, 3.63) is 17.5 Å². The molecular weight excluding hydrogens is 248 g/mol. The van der Waals surface area contributed by atoms with E-state index in [0.717, 1.165) is 23.4 Å². The van der Waals surface area contributed by atoms with Crippen LogP contribution in [-0.2, 0) is 0 Å². The zero-order valence-electron chi connectivity index (χ0n) is 10.5. The van der Waals surface area contributed by atoms with Crippen LogP contribution in [0.25, 0.3) is 11.0 Å². The molecule has 0 aliphatic heterocycles. The zero-order valence-corrected chi connectivity index (χ0v) is 11.2. The van der Waals surface area contributed by atoms with E-state index in [9.17, 15) is 0 Å². The summed E-state index contributed by atoms with van der Waals surface area (Å²) < 4.78 is 2.30. The fraction of sp³-hybridized carbons (Fsp3) is 0.538. The highest BCUT2D eigenvalue weighted by molar-refractivity contribution is 6.28. The van der Waals surface area contributed by atoms with Gasteiger partial charge in [0.1, 0.15) is 11.5 Å². The topological polar surface area (TPSA) is 42.7 Å². The first kappa shape index (κ1) is 11.8. The lowest BCUT2D eigenvalue weighted by molar-refractivity contribution is 0.536. The molecule has 0 radical (unpaired) electrons. The van der Waals surface area contributed by atoms with Gasteiger partial charge in [-0.25, -0.2) is 4.98 Å². The average molecular weight is 265 g/mol. The molecule has 18 heavy (non-hydrogen) atoms. The van der Waals surface area contributed by atoms with Crippen LogP contribution in [0.4, 0.5) is 5.82 Å². The van der Waals surface area contributed by atoms with E-state index in [4.69, 9.17) is 11.6 Å². The lowest BCUT2D eigenvalue weighted by Gasteiger charge is -2.17. The monoisotopic (exact) mass is 264 g/mol. The number of hydrogen-bond donors (Lipinski definition) is 1. The normalized spacial score (nSPS) is 16.6. The highest BCUT2D eigenvalue weighted by Gasteiger charge is 2.22. The Labute approximate surface area is 111 Å². The summed E-state index contributed by atoms with van der Waals surface area (Å²) in [5, 5.41) is 4.79. The molecule has 2 heterocycles. The fourth-order valence-corrected chi connectivity index (χ4v) is 2.97. The Hall–Kier alpha value is -1.29. The minimum absolute atomic E-state index is 0.322. The van der Waals surface area contributed by atoms with Crippen LogP contribution in [0.15, 0.2) is 12.3 Å². The predicted octanol–water partition coefficient (Wildman–Crippen LogP) is 3.63. The summed E-state index contributed by atoms with van der Waals surface area (Å²) in [5.74, 6) is 1.14. The molecule has 3 rings (SSSR count). The van der Waals surface area contributed by atoms with Crippen LogP contribution in [0.2, 0.25) is 5.28 Å². The van der Waals surface area contributed by atoms with Crippen LogP contribution in [-0.4, -0.2) is 21.1 Å². The first-order valence-electron chi connectivity index (χ1n) is 6.57. The maximum absolute atomic E-state index is 5.93. The Morgan fingerprint density at radius 1 is 1.44 bits per heavy atom. The molecule has 2 aromatic rings. The number of fused-ring (bicyclic) bond motifs is 1. The molecule has 4 nitrogen and oxygen atoms in total. The van der Waals surface area contributed by atoms with Crippen molar-refractivity contribution in [2.45, 2.75) is 38.6 Å². The van der Waals surface area contributed by atoms with E-state index in [-0.39, 0.29) is 0 Å². The van der Waals surface area contributed by atoms with E-state index in [1.54, 1.807) is 6.20 Å². The molecule has 0 atom stereocenters. The van der Waals surface area contributed by atoms with Gasteiger partial charge in [-0.3, -0.25) is 0 Å². The van der Waals surface area contributed by atoms with Crippen LogP contribution in [0.5, 0.6) is 0 Å². The number of halogens is 1. The van der Waals surface area contributed by atoms with Gasteiger partial charge in [0.15, 0.2) is 0 Å². The van der Waals surface area contributed by atoms with Crippen LogP contribution in [0.3, 0.4) is 0 Å². The van der Waals surface area contributed by atoms with Gasteiger partial charge in [0, 0.05) is 24.2 Å². The molecular formula is C13H17ClN4.